The molecule has 2 N–H and O–H groups in total. The van der Waals surface area contributed by atoms with Crippen molar-refractivity contribution in [2.24, 2.45) is 5.92 Å². The number of H-pyrrole nitrogens is 1. The highest BCUT2D eigenvalue weighted by Crippen LogP contribution is 2.27. The number of aromatic amines is 1. The molecule has 3 heterocycles. The summed E-state index contributed by atoms with van der Waals surface area (Å²) >= 11 is 0. The fraction of sp³-hybridized carbons (Fsp3) is 0.533. The molecule has 2 aromatic heterocycles. The number of anilines is 1. The van der Waals surface area contributed by atoms with Gasteiger partial charge in [-0.2, -0.15) is 5.10 Å². The molecule has 2 atom stereocenters. The van der Waals surface area contributed by atoms with Crippen LogP contribution in [0.3, 0.4) is 0 Å². The van der Waals surface area contributed by atoms with Crippen LogP contribution in [-0.2, 0) is 12.8 Å². The smallest absolute Gasteiger partial charge is 0.187 e. The van der Waals surface area contributed by atoms with Crippen molar-refractivity contribution in [1.29, 1.82) is 0 Å². The van der Waals surface area contributed by atoms with E-state index in [0.29, 0.717) is 31.6 Å². The second-order valence-corrected chi connectivity index (χ2v) is 5.79. The van der Waals surface area contributed by atoms with Gasteiger partial charge in [0.1, 0.15) is 6.33 Å². The minimum atomic E-state index is -0.517. The number of halogens is 1. The fourth-order valence-electron chi connectivity index (χ4n) is 2.94. The first kappa shape index (κ1) is 14.9. The lowest BCUT2D eigenvalue weighted by molar-refractivity contribution is 0.148. The highest BCUT2D eigenvalue weighted by molar-refractivity contribution is 5.43. The molecular formula is C15H20FN5O. The van der Waals surface area contributed by atoms with Crippen LogP contribution < -0.4 is 4.90 Å². The average molecular weight is 305 g/mol. The van der Waals surface area contributed by atoms with E-state index in [1.54, 1.807) is 4.90 Å². The molecule has 0 spiro atoms. The van der Waals surface area contributed by atoms with Crippen molar-refractivity contribution in [3.8, 4) is 0 Å². The van der Waals surface area contributed by atoms with Gasteiger partial charge in [-0.3, -0.25) is 5.10 Å². The van der Waals surface area contributed by atoms with E-state index in [9.17, 15) is 9.50 Å². The zero-order valence-electron chi connectivity index (χ0n) is 12.8. The Morgan fingerprint density at radius 3 is 2.91 bits per heavy atom. The minimum Gasteiger partial charge on any atom is -0.391 e. The predicted octanol–water partition coefficient (Wildman–Crippen LogP) is 1.25. The van der Waals surface area contributed by atoms with Crippen LogP contribution in [0.2, 0.25) is 0 Å². The monoisotopic (exact) mass is 305 g/mol. The molecule has 1 saturated heterocycles. The Hall–Kier alpha value is -2.02. The Bertz CT molecular complexity index is 659. The number of rotatable bonds is 4. The van der Waals surface area contributed by atoms with Crippen molar-refractivity contribution in [2.75, 3.05) is 18.0 Å². The maximum absolute atomic E-state index is 14.3. The van der Waals surface area contributed by atoms with Crippen molar-refractivity contribution >= 4 is 5.82 Å². The van der Waals surface area contributed by atoms with E-state index in [0.717, 1.165) is 11.4 Å². The first-order valence-corrected chi connectivity index (χ1v) is 7.51. The van der Waals surface area contributed by atoms with Crippen molar-refractivity contribution in [3.63, 3.8) is 0 Å². The van der Waals surface area contributed by atoms with Crippen LogP contribution in [0.15, 0.2) is 12.4 Å². The van der Waals surface area contributed by atoms with Crippen LogP contribution in [-0.4, -0.2) is 44.5 Å². The molecule has 0 bridgehead atoms. The van der Waals surface area contributed by atoms with Crippen LogP contribution in [0.4, 0.5) is 10.2 Å². The first-order chi connectivity index (χ1) is 10.6. The van der Waals surface area contributed by atoms with E-state index in [4.69, 9.17) is 0 Å². The van der Waals surface area contributed by atoms with E-state index in [2.05, 4.69) is 20.2 Å². The number of hydrogen-bond donors (Lipinski definition) is 2. The topological polar surface area (TPSA) is 77.9 Å². The maximum Gasteiger partial charge on any atom is 0.187 e. The summed E-state index contributed by atoms with van der Waals surface area (Å²) in [6.45, 7) is 4.74. The zero-order chi connectivity index (χ0) is 15.7. The molecule has 0 radical (unpaired) electrons. The summed E-state index contributed by atoms with van der Waals surface area (Å²) < 4.78 is 14.3. The molecule has 1 aliphatic heterocycles. The van der Waals surface area contributed by atoms with E-state index < -0.39 is 6.10 Å². The number of β-amino-alcohol motifs (C(OH)–C–C–N with tert-alkyl or cyclic N) is 1. The summed E-state index contributed by atoms with van der Waals surface area (Å²) in [5.41, 5.74) is 2.32. The highest BCUT2D eigenvalue weighted by Gasteiger charge is 2.34. The van der Waals surface area contributed by atoms with Crippen molar-refractivity contribution in [1.82, 2.24) is 20.2 Å². The molecule has 0 unspecified atom stereocenters. The largest absolute Gasteiger partial charge is 0.391 e. The summed E-state index contributed by atoms with van der Waals surface area (Å²) in [7, 11) is 0. The van der Waals surface area contributed by atoms with Crippen LogP contribution in [0.5, 0.6) is 0 Å². The number of aromatic nitrogens is 4. The summed E-state index contributed by atoms with van der Waals surface area (Å²) in [6, 6.07) is 1.97. The van der Waals surface area contributed by atoms with Gasteiger partial charge in [0.25, 0.3) is 0 Å². The molecule has 2 aromatic rings. The molecule has 1 fully saturated rings. The lowest BCUT2D eigenvalue weighted by atomic mass is 10.0. The number of hydrogen-bond acceptors (Lipinski definition) is 5. The molecule has 0 aromatic carbocycles. The predicted molar refractivity (Wildman–Crippen MR) is 80.1 cm³/mol. The molecular weight excluding hydrogens is 285 g/mol. The molecule has 6 nitrogen and oxygen atoms in total. The van der Waals surface area contributed by atoms with E-state index in [1.165, 1.54) is 6.33 Å². The lowest BCUT2D eigenvalue weighted by Crippen LogP contribution is -2.24. The van der Waals surface area contributed by atoms with Gasteiger partial charge in [0.2, 0.25) is 0 Å². The van der Waals surface area contributed by atoms with Gasteiger partial charge >= 0.3 is 0 Å². The van der Waals surface area contributed by atoms with Crippen molar-refractivity contribution in [3.05, 3.63) is 35.3 Å². The molecule has 1 aliphatic rings. The van der Waals surface area contributed by atoms with E-state index in [-0.39, 0.29) is 17.6 Å². The van der Waals surface area contributed by atoms with Gasteiger partial charge < -0.3 is 10.0 Å². The van der Waals surface area contributed by atoms with E-state index in [1.807, 2.05) is 19.9 Å². The first-order valence-electron chi connectivity index (χ1n) is 7.51. The van der Waals surface area contributed by atoms with Gasteiger partial charge in [0.05, 0.1) is 17.5 Å². The summed E-state index contributed by atoms with van der Waals surface area (Å²) in [5, 5.41) is 17.4. The van der Waals surface area contributed by atoms with Crippen molar-refractivity contribution < 1.29 is 9.50 Å². The van der Waals surface area contributed by atoms with Gasteiger partial charge in [-0.25, -0.2) is 14.4 Å². The Morgan fingerprint density at radius 1 is 1.41 bits per heavy atom. The van der Waals surface area contributed by atoms with Crippen LogP contribution in [0.1, 0.15) is 24.0 Å². The second kappa shape index (κ2) is 6.00. The molecule has 118 valence electrons. The van der Waals surface area contributed by atoms with Gasteiger partial charge in [0.15, 0.2) is 11.6 Å². The Kier molecular flexibility index (Phi) is 4.06. The lowest BCUT2D eigenvalue weighted by Gasteiger charge is -2.18. The van der Waals surface area contributed by atoms with Crippen molar-refractivity contribution in [2.45, 2.75) is 32.8 Å². The number of aliphatic hydroxyl groups excluding tert-OH is 1. The third kappa shape index (κ3) is 2.81. The quantitative estimate of drug-likeness (QED) is 0.889. The Balaban J connectivity index is 1.75. The van der Waals surface area contributed by atoms with Gasteiger partial charge in [-0.05, 0) is 25.8 Å². The SMILES string of the molecule is CCc1ncnc(N2C[C@@H](Cc3cc(C)[nH]n3)[C@@H](O)C2)c1F. The normalized spacial score (nSPS) is 21.5. The zero-order valence-corrected chi connectivity index (χ0v) is 12.8. The summed E-state index contributed by atoms with van der Waals surface area (Å²) in [6.07, 6.45) is 2.05. The summed E-state index contributed by atoms with van der Waals surface area (Å²) in [5.74, 6) is -0.0813. The molecule has 22 heavy (non-hydrogen) atoms. The Morgan fingerprint density at radius 2 is 2.23 bits per heavy atom. The summed E-state index contributed by atoms with van der Waals surface area (Å²) in [4.78, 5) is 9.80. The van der Waals surface area contributed by atoms with Gasteiger partial charge in [0, 0.05) is 24.7 Å². The molecule has 0 aliphatic carbocycles. The van der Waals surface area contributed by atoms with Crippen LogP contribution in [0.25, 0.3) is 0 Å². The second-order valence-electron chi connectivity index (χ2n) is 5.79. The molecule has 3 rings (SSSR count). The standard InChI is InChI=1S/C15H20FN5O/c1-3-12-14(16)15(18-8-17-12)21-6-10(13(22)7-21)5-11-4-9(2)19-20-11/h4,8,10,13,22H,3,5-7H2,1-2H3,(H,19,20)/t10-,13+/m1/s1. The third-order valence-electron chi connectivity index (χ3n) is 4.11. The molecule has 0 saturated carbocycles. The van der Waals surface area contributed by atoms with Gasteiger partial charge in [-0.15, -0.1) is 0 Å². The number of aryl methyl sites for hydroxylation is 2. The highest BCUT2D eigenvalue weighted by atomic mass is 19.1. The average Bonchev–Trinajstić information content (AvgIpc) is 3.06. The number of aliphatic hydroxyl groups is 1. The molecule has 7 heteroatoms. The minimum absolute atomic E-state index is 0.0159. The number of nitrogens with zero attached hydrogens (tertiary/aromatic N) is 4. The van der Waals surface area contributed by atoms with Crippen LogP contribution in [0, 0.1) is 18.7 Å². The van der Waals surface area contributed by atoms with Crippen LogP contribution >= 0.6 is 0 Å². The fourth-order valence-corrected chi connectivity index (χ4v) is 2.94. The van der Waals surface area contributed by atoms with E-state index >= 15 is 0 Å². The van der Waals surface area contributed by atoms with Gasteiger partial charge in [-0.1, -0.05) is 6.92 Å². The Labute approximate surface area is 128 Å². The third-order valence-corrected chi connectivity index (χ3v) is 4.11. The number of nitrogens with one attached hydrogen (secondary N) is 1. The molecule has 0 amide bonds. The maximum atomic E-state index is 14.3.